The van der Waals surface area contributed by atoms with E-state index in [9.17, 15) is 4.79 Å². The van der Waals surface area contributed by atoms with Crippen molar-refractivity contribution in [2.24, 2.45) is 10.9 Å². The number of nitrogens with two attached hydrogens (primary N) is 1. The van der Waals surface area contributed by atoms with Gasteiger partial charge in [-0.05, 0) is 6.92 Å². The normalized spacial score (nSPS) is 11.1. The van der Waals surface area contributed by atoms with Gasteiger partial charge in [0, 0.05) is 5.71 Å². The summed E-state index contributed by atoms with van der Waals surface area (Å²) in [5.74, 6) is 4.54. The molecule has 0 saturated carbocycles. The molecule has 0 spiro atoms. The molecular weight excluding hydrogens is 120 g/mol. The number of rotatable bonds is 2. The van der Waals surface area contributed by atoms with Gasteiger partial charge in [0.15, 0.2) is 0 Å². The minimum Gasteiger partial charge on any atom is -0.469 e. The van der Waals surface area contributed by atoms with E-state index in [1.807, 2.05) is 0 Å². The molecule has 0 aliphatic heterocycles. The minimum atomic E-state index is -0.318. The van der Waals surface area contributed by atoms with Crippen molar-refractivity contribution in [3.63, 3.8) is 0 Å². The molecule has 4 nitrogen and oxygen atoms in total. The van der Waals surface area contributed by atoms with Crippen LogP contribution < -0.4 is 5.84 Å². The standard InChI is InChI=1S/C5H10N2O2/c1-4(7-6)3-5(8)9-2/h3,6H2,1-2H3/b7-4-. The van der Waals surface area contributed by atoms with E-state index in [0.717, 1.165) is 0 Å². The Bertz CT molecular complexity index is 131. The second-order valence-corrected chi connectivity index (χ2v) is 1.62. The van der Waals surface area contributed by atoms with Crippen LogP contribution in [-0.4, -0.2) is 18.8 Å². The van der Waals surface area contributed by atoms with Crippen LogP contribution in [0.5, 0.6) is 0 Å². The van der Waals surface area contributed by atoms with E-state index in [2.05, 4.69) is 9.84 Å². The van der Waals surface area contributed by atoms with Gasteiger partial charge in [-0.15, -0.1) is 0 Å². The highest BCUT2D eigenvalue weighted by Crippen LogP contribution is 1.85. The number of hydrazone groups is 1. The van der Waals surface area contributed by atoms with Crippen molar-refractivity contribution in [2.45, 2.75) is 13.3 Å². The number of ether oxygens (including phenoxy) is 1. The smallest absolute Gasteiger partial charge is 0.311 e. The molecule has 0 unspecified atom stereocenters. The van der Waals surface area contributed by atoms with E-state index in [4.69, 9.17) is 5.84 Å². The fourth-order valence-corrected chi connectivity index (χ4v) is 0.327. The first-order chi connectivity index (χ1) is 4.20. The van der Waals surface area contributed by atoms with Gasteiger partial charge >= 0.3 is 5.97 Å². The third-order valence-electron chi connectivity index (χ3n) is 0.848. The third kappa shape index (κ3) is 3.52. The van der Waals surface area contributed by atoms with Crippen LogP contribution in [0.25, 0.3) is 0 Å². The average Bonchev–Trinajstić information content (AvgIpc) is 1.87. The van der Waals surface area contributed by atoms with Gasteiger partial charge < -0.3 is 10.6 Å². The van der Waals surface area contributed by atoms with Gasteiger partial charge in [-0.1, -0.05) is 0 Å². The second-order valence-electron chi connectivity index (χ2n) is 1.62. The lowest BCUT2D eigenvalue weighted by Crippen LogP contribution is -2.07. The summed E-state index contributed by atoms with van der Waals surface area (Å²) in [5.41, 5.74) is 0.571. The molecule has 0 aromatic heterocycles. The summed E-state index contributed by atoms with van der Waals surface area (Å²) in [6, 6.07) is 0. The van der Waals surface area contributed by atoms with Crippen LogP contribution in [0.15, 0.2) is 5.10 Å². The maximum Gasteiger partial charge on any atom is 0.311 e. The first-order valence-electron chi connectivity index (χ1n) is 2.51. The summed E-state index contributed by atoms with van der Waals surface area (Å²) >= 11 is 0. The molecule has 0 rings (SSSR count). The maximum absolute atomic E-state index is 10.4. The summed E-state index contributed by atoms with van der Waals surface area (Å²) in [6.07, 6.45) is 0.174. The van der Waals surface area contributed by atoms with Gasteiger partial charge in [0.1, 0.15) is 0 Å². The Morgan fingerprint density at radius 3 is 2.67 bits per heavy atom. The van der Waals surface area contributed by atoms with Crippen molar-refractivity contribution >= 4 is 11.7 Å². The number of hydrogen-bond donors (Lipinski definition) is 1. The molecule has 0 radical (unpaired) electrons. The van der Waals surface area contributed by atoms with Crippen molar-refractivity contribution in [3.05, 3.63) is 0 Å². The summed E-state index contributed by atoms with van der Waals surface area (Å²) in [7, 11) is 1.33. The molecule has 0 amide bonds. The van der Waals surface area contributed by atoms with Gasteiger partial charge in [0.2, 0.25) is 0 Å². The van der Waals surface area contributed by atoms with E-state index in [1.54, 1.807) is 6.92 Å². The van der Waals surface area contributed by atoms with Crippen LogP contribution in [0, 0.1) is 0 Å². The largest absolute Gasteiger partial charge is 0.469 e. The van der Waals surface area contributed by atoms with Crippen molar-refractivity contribution in [1.82, 2.24) is 0 Å². The molecule has 2 N–H and O–H groups in total. The lowest BCUT2D eigenvalue weighted by atomic mass is 10.3. The second kappa shape index (κ2) is 3.88. The number of carbonyl (C=O) groups is 1. The minimum absolute atomic E-state index is 0.174. The molecule has 0 saturated heterocycles. The monoisotopic (exact) mass is 130 g/mol. The molecule has 4 heteroatoms. The predicted molar refractivity (Wildman–Crippen MR) is 33.9 cm³/mol. The number of hydrogen-bond acceptors (Lipinski definition) is 4. The lowest BCUT2D eigenvalue weighted by Gasteiger charge is -1.94. The zero-order valence-electron chi connectivity index (χ0n) is 5.55. The Morgan fingerprint density at radius 1 is 1.78 bits per heavy atom. The number of carbonyl (C=O) groups excluding carboxylic acids is 1. The Balaban J connectivity index is 3.60. The molecule has 0 aliphatic carbocycles. The maximum atomic E-state index is 10.4. The van der Waals surface area contributed by atoms with Crippen molar-refractivity contribution in [2.75, 3.05) is 7.11 Å². The fraction of sp³-hybridized carbons (Fsp3) is 0.600. The van der Waals surface area contributed by atoms with Gasteiger partial charge in [-0.3, -0.25) is 4.79 Å². The van der Waals surface area contributed by atoms with E-state index in [-0.39, 0.29) is 12.4 Å². The van der Waals surface area contributed by atoms with Crippen molar-refractivity contribution < 1.29 is 9.53 Å². The van der Waals surface area contributed by atoms with Crippen LogP contribution in [0.4, 0.5) is 0 Å². The first-order valence-corrected chi connectivity index (χ1v) is 2.51. The molecule has 0 atom stereocenters. The van der Waals surface area contributed by atoms with Crippen LogP contribution in [0.2, 0.25) is 0 Å². The van der Waals surface area contributed by atoms with E-state index in [1.165, 1.54) is 7.11 Å². The van der Waals surface area contributed by atoms with E-state index < -0.39 is 0 Å². The molecule has 52 valence electrons. The van der Waals surface area contributed by atoms with Gasteiger partial charge in [-0.25, -0.2) is 0 Å². The predicted octanol–water partition coefficient (Wildman–Crippen LogP) is -0.116. The topological polar surface area (TPSA) is 64.7 Å². The van der Waals surface area contributed by atoms with Crippen molar-refractivity contribution in [3.8, 4) is 0 Å². The van der Waals surface area contributed by atoms with Crippen molar-refractivity contribution in [1.29, 1.82) is 0 Å². The number of methoxy groups -OCH3 is 1. The zero-order chi connectivity index (χ0) is 7.28. The summed E-state index contributed by atoms with van der Waals surface area (Å²) < 4.78 is 4.35. The molecule has 0 aliphatic rings. The van der Waals surface area contributed by atoms with E-state index in [0.29, 0.717) is 5.71 Å². The summed E-state index contributed by atoms with van der Waals surface area (Å²) in [5, 5.41) is 3.29. The van der Waals surface area contributed by atoms with Crippen LogP contribution in [-0.2, 0) is 9.53 Å². The van der Waals surface area contributed by atoms with Crippen LogP contribution in [0.3, 0.4) is 0 Å². The summed E-state index contributed by atoms with van der Waals surface area (Å²) in [6.45, 7) is 1.66. The highest BCUT2D eigenvalue weighted by Gasteiger charge is 2.00. The Kier molecular flexibility index (Phi) is 3.43. The fourth-order valence-electron chi connectivity index (χ4n) is 0.327. The Hall–Kier alpha value is -1.06. The van der Waals surface area contributed by atoms with Gasteiger partial charge in [0.25, 0.3) is 0 Å². The van der Waals surface area contributed by atoms with Gasteiger partial charge in [0.05, 0.1) is 13.5 Å². The molecular formula is C5H10N2O2. The highest BCUT2D eigenvalue weighted by molar-refractivity contribution is 5.97. The SMILES string of the molecule is COC(=O)C/C(C)=N\N. The average molecular weight is 130 g/mol. The molecule has 0 bridgehead atoms. The van der Waals surface area contributed by atoms with Crippen LogP contribution >= 0.6 is 0 Å². The van der Waals surface area contributed by atoms with Crippen LogP contribution in [0.1, 0.15) is 13.3 Å². The Morgan fingerprint density at radius 2 is 2.33 bits per heavy atom. The first kappa shape index (κ1) is 7.94. The molecule has 0 heterocycles. The van der Waals surface area contributed by atoms with Gasteiger partial charge in [-0.2, -0.15) is 5.10 Å². The molecule has 0 aromatic carbocycles. The van der Waals surface area contributed by atoms with E-state index >= 15 is 0 Å². The Labute approximate surface area is 53.7 Å². The lowest BCUT2D eigenvalue weighted by molar-refractivity contribution is -0.139. The third-order valence-corrected chi connectivity index (χ3v) is 0.848. The number of esters is 1. The summed E-state index contributed by atoms with van der Waals surface area (Å²) in [4.78, 5) is 10.4. The quantitative estimate of drug-likeness (QED) is 0.245. The molecule has 0 aromatic rings. The molecule has 9 heavy (non-hydrogen) atoms. The highest BCUT2D eigenvalue weighted by atomic mass is 16.5. The number of nitrogens with zero attached hydrogens (tertiary/aromatic N) is 1. The zero-order valence-corrected chi connectivity index (χ0v) is 5.55. The molecule has 0 fully saturated rings.